The summed E-state index contributed by atoms with van der Waals surface area (Å²) in [6.07, 6.45) is 0. The maximum absolute atomic E-state index is 5.94. The number of hydrogen-bond donors (Lipinski definition) is 0. The molecule has 5 heteroatoms. The molecule has 4 nitrogen and oxygen atoms in total. The van der Waals surface area contributed by atoms with Crippen LogP contribution in [0, 0.1) is 6.92 Å². The Morgan fingerprint density at radius 2 is 2.00 bits per heavy atom. The van der Waals surface area contributed by atoms with Crippen molar-refractivity contribution in [2.45, 2.75) is 13.5 Å². The molecular weight excluding hydrogens is 288 g/mol. The fourth-order valence-electron chi connectivity index (χ4n) is 1.90. The van der Waals surface area contributed by atoms with E-state index in [1.165, 1.54) is 0 Å². The monoisotopic (exact) mass is 300 g/mol. The number of aryl methyl sites for hydroxylation is 1. The van der Waals surface area contributed by atoms with Crippen LogP contribution in [0.25, 0.3) is 11.5 Å². The molecule has 21 heavy (non-hydrogen) atoms. The molecule has 0 aliphatic heterocycles. The predicted molar refractivity (Wildman–Crippen MR) is 80.3 cm³/mol. The SMILES string of the molecule is Cc1cccc(OCc2noc(-c3cccc(Cl)c3)n2)c1. The van der Waals surface area contributed by atoms with E-state index in [0.717, 1.165) is 16.9 Å². The zero-order valence-electron chi connectivity index (χ0n) is 11.4. The smallest absolute Gasteiger partial charge is 0.258 e. The average Bonchev–Trinajstić information content (AvgIpc) is 2.94. The molecule has 2 aromatic carbocycles. The van der Waals surface area contributed by atoms with Crippen LogP contribution in [0.1, 0.15) is 11.4 Å². The predicted octanol–water partition coefficient (Wildman–Crippen LogP) is 4.28. The second-order valence-electron chi connectivity index (χ2n) is 4.63. The third-order valence-corrected chi connectivity index (χ3v) is 3.13. The quantitative estimate of drug-likeness (QED) is 0.721. The van der Waals surface area contributed by atoms with Gasteiger partial charge in [0.1, 0.15) is 5.75 Å². The van der Waals surface area contributed by atoms with Gasteiger partial charge in [0.05, 0.1) is 0 Å². The molecule has 0 amide bonds. The summed E-state index contributed by atoms with van der Waals surface area (Å²) in [5.41, 5.74) is 1.93. The molecule has 106 valence electrons. The van der Waals surface area contributed by atoms with Gasteiger partial charge in [-0.15, -0.1) is 0 Å². The highest BCUT2D eigenvalue weighted by Crippen LogP contribution is 2.21. The minimum atomic E-state index is 0.257. The van der Waals surface area contributed by atoms with Crippen LogP contribution >= 0.6 is 11.6 Å². The third kappa shape index (κ3) is 3.41. The summed E-state index contributed by atoms with van der Waals surface area (Å²) in [5.74, 6) is 1.70. The molecule has 1 heterocycles. The van der Waals surface area contributed by atoms with Crippen molar-refractivity contribution in [2.75, 3.05) is 0 Å². The Hall–Kier alpha value is -2.33. The van der Waals surface area contributed by atoms with Gasteiger partial charge >= 0.3 is 0 Å². The van der Waals surface area contributed by atoms with Crippen molar-refractivity contribution in [3.8, 4) is 17.2 Å². The van der Waals surface area contributed by atoms with Crippen LogP contribution in [0.4, 0.5) is 0 Å². The second kappa shape index (κ2) is 5.97. The molecule has 0 aliphatic rings. The van der Waals surface area contributed by atoms with Crippen LogP contribution < -0.4 is 4.74 Å². The van der Waals surface area contributed by atoms with E-state index in [4.69, 9.17) is 20.9 Å². The summed E-state index contributed by atoms with van der Waals surface area (Å²) in [6.45, 7) is 2.27. The molecule has 0 radical (unpaired) electrons. The molecule has 0 aliphatic carbocycles. The first-order chi connectivity index (χ1) is 10.2. The van der Waals surface area contributed by atoms with Crippen LogP contribution in [0.2, 0.25) is 5.02 Å². The van der Waals surface area contributed by atoms with Gasteiger partial charge in [0.25, 0.3) is 5.89 Å². The Labute approximate surface area is 127 Å². The van der Waals surface area contributed by atoms with Gasteiger partial charge in [-0.25, -0.2) is 0 Å². The van der Waals surface area contributed by atoms with E-state index in [9.17, 15) is 0 Å². The Kier molecular flexibility index (Phi) is 3.88. The molecule has 0 N–H and O–H groups in total. The van der Waals surface area contributed by atoms with Crippen LogP contribution in [0.15, 0.2) is 53.1 Å². The van der Waals surface area contributed by atoms with Gasteiger partial charge in [-0.2, -0.15) is 4.98 Å². The van der Waals surface area contributed by atoms with Gasteiger partial charge in [-0.05, 0) is 42.8 Å². The maximum atomic E-state index is 5.94. The largest absolute Gasteiger partial charge is 0.485 e. The molecular formula is C16H13ClN2O2. The van der Waals surface area contributed by atoms with Gasteiger partial charge in [0.2, 0.25) is 5.82 Å². The standard InChI is InChI=1S/C16H13ClN2O2/c1-11-4-2-7-14(8-11)20-10-15-18-16(21-19-15)12-5-3-6-13(17)9-12/h2-9H,10H2,1H3. The third-order valence-electron chi connectivity index (χ3n) is 2.90. The van der Waals surface area contributed by atoms with Crippen molar-refractivity contribution < 1.29 is 9.26 Å². The molecule has 0 bridgehead atoms. The highest BCUT2D eigenvalue weighted by molar-refractivity contribution is 6.30. The molecule has 0 atom stereocenters. The van der Waals surface area contributed by atoms with E-state index in [1.54, 1.807) is 12.1 Å². The normalized spacial score (nSPS) is 10.6. The lowest BCUT2D eigenvalue weighted by Gasteiger charge is -2.03. The summed E-state index contributed by atoms with van der Waals surface area (Å²) in [5, 5.41) is 4.53. The summed E-state index contributed by atoms with van der Waals surface area (Å²) in [4.78, 5) is 4.30. The minimum Gasteiger partial charge on any atom is -0.485 e. The van der Waals surface area contributed by atoms with Gasteiger partial charge in [-0.1, -0.05) is 35.0 Å². The van der Waals surface area contributed by atoms with Crippen LogP contribution in [-0.4, -0.2) is 10.1 Å². The van der Waals surface area contributed by atoms with Gasteiger partial charge in [0, 0.05) is 10.6 Å². The van der Waals surface area contributed by atoms with Crippen molar-refractivity contribution in [2.24, 2.45) is 0 Å². The second-order valence-corrected chi connectivity index (χ2v) is 5.07. The zero-order valence-corrected chi connectivity index (χ0v) is 12.2. The summed E-state index contributed by atoms with van der Waals surface area (Å²) < 4.78 is 10.9. The highest BCUT2D eigenvalue weighted by atomic mass is 35.5. The van der Waals surface area contributed by atoms with E-state index in [0.29, 0.717) is 16.7 Å². The van der Waals surface area contributed by atoms with E-state index >= 15 is 0 Å². The number of nitrogens with zero attached hydrogens (tertiary/aromatic N) is 2. The highest BCUT2D eigenvalue weighted by Gasteiger charge is 2.09. The molecule has 0 fully saturated rings. The summed E-state index contributed by atoms with van der Waals surface area (Å²) in [7, 11) is 0. The molecule has 0 spiro atoms. The van der Waals surface area contributed by atoms with Gasteiger partial charge in [-0.3, -0.25) is 0 Å². The van der Waals surface area contributed by atoms with Crippen molar-refractivity contribution in [3.63, 3.8) is 0 Å². The first-order valence-corrected chi connectivity index (χ1v) is 6.86. The zero-order chi connectivity index (χ0) is 14.7. The van der Waals surface area contributed by atoms with Crippen molar-refractivity contribution >= 4 is 11.6 Å². The molecule has 3 aromatic rings. The Morgan fingerprint density at radius 1 is 1.14 bits per heavy atom. The van der Waals surface area contributed by atoms with Crippen LogP contribution in [0.5, 0.6) is 5.75 Å². The lowest BCUT2D eigenvalue weighted by Crippen LogP contribution is -1.97. The lowest BCUT2D eigenvalue weighted by atomic mass is 10.2. The molecule has 1 aromatic heterocycles. The van der Waals surface area contributed by atoms with Crippen LogP contribution in [0.3, 0.4) is 0 Å². The summed E-state index contributed by atoms with van der Waals surface area (Å²) in [6, 6.07) is 15.1. The van der Waals surface area contributed by atoms with Crippen molar-refractivity contribution in [1.29, 1.82) is 0 Å². The Balaban J connectivity index is 1.71. The molecule has 3 rings (SSSR count). The minimum absolute atomic E-state index is 0.257. The Bertz CT molecular complexity index is 755. The molecule has 0 unspecified atom stereocenters. The Morgan fingerprint density at radius 3 is 2.81 bits per heavy atom. The molecule has 0 saturated heterocycles. The van der Waals surface area contributed by atoms with E-state index < -0.39 is 0 Å². The van der Waals surface area contributed by atoms with Gasteiger partial charge in [0.15, 0.2) is 6.61 Å². The number of halogens is 1. The first-order valence-electron chi connectivity index (χ1n) is 6.49. The number of rotatable bonds is 4. The van der Waals surface area contributed by atoms with Gasteiger partial charge < -0.3 is 9.26 Å². The van der Waals surface area contributed by atoms with E-state index in [1.807, 2.05) is 43.3 Å². The van der Waals surface area contributed by atoms with Crippen molar-refractivity contribution in [3.05, 3.63) is 64.9 Å². The number of ether oxygens (including phenoxy) is 1. The van der Waals surface area contributed by atoms with Crippen molar-refractivity contribution in [1.82, 2.24) is 10.1 Å². The van der Waals surface area contributed by atoms with E-state index in [-0.39, 0.29) is 6.61 Å². The average molecular weight is 301 g/mol. The molecule has 0 saturated carbocycles. The first kappa shape index (κ1) is 13.6. The number of aromatic nitrogens is 2. The number of benzene rings is 2. The van der Waals surface area contributed by atoms with Crippen LogP contribution in [-0.2, 0) is 6.61 Å². The fraction of sp³-hybridized carbons (Fsp3) is 0.125. The lowest BCUT2D eigenvalue weighted by molar-refractivity contribution is 0.287. The summed E-state index contributed by atoms with van der Waals surface area (Å²) >= 11 is 5.94. The fourth-order valence-corrected chi connectivity index (χ4v) is 2.09. The van der Waals surface area contributed by atoms with E-state index in [2.05, 4.69) is 10.1 Å². The topological polar surface area (TPSA) is 48.2 Å². The maximum Gasteiger partial charge on any atom is 0.258 e. The number of hydrogen-bond acceptors (Lipinski definition) is 4.